The van der Waals surface area contributed by atoms with Crippen molar-refractivity contribution in [1.82, 2.24) is 0 Å². The maximum Gasteiger partial charge on any atom is 0.264 e. The van der Waals surface area contributed by atoms with Gasteiger partial charge < -0.3 is 18.1 Å². The van der Waals surface area contributed by atoms with Gasteiger partial charge in [0, 0.05) is 5.92 Å². The molecule has 0 spiro atoms. The molecule has 0 aliphatic carbocycles. The fraction of sp³-hybridized carbons (Fsp3) is 1.00. The number of halogens is 1. The molecular weight excluding hydrogens is 238 g/mol. The van der Waals surface area contributed by atoms with Crippen molar-refractivity contribution in [1.29, 1.82) is 0 Å². The monoisotopic (exact) mass is 259 g/mol. The van der Waals surface area contributed by atoms with E-state index in [2.05, 4.69) is 33.4 Å². The fourth-order valence-electron chi connectivity index (χ4n) is 1.06. The second-order valence-electron chi connectivity index (χ2n) is 4.90. The van der Waals surface area contributed by atoms with Crippen molar-refractivity contribution in [2.24, 2.45) is 11.3 Å². The van der Waals surface area contributed by atoms with Crippen LogP contribution < -0.4 is 18.1 Å². The Balaban J connectivity index is 0. The highest BCUT2D eigenvalue weighted by atomic mass is 35.5. The molecular formula is C9H22ClNO3S. The van der Waals surface area contributed by atoms with Crippen molar-refractivity contribution in [3.8, 4) is 0 Å². The third-order valence-electron chi connectivity index (χ3n) is 2.57. The summed E-state index contributed by atoms with van der Waals surface area (Å²) in [6.45, 7) is 8.55. The average Bonchev–Trinajstić information content (AvgIpc) is 1.95. The van der Waals surface area contributed by atoms with Gasteiger partial charge in [-0.2, -0.15) is 8.42 Å². The van der Waals surface area contributed by atoms with Gasteiger partial charge in [-0.15, -0.1) is 0 Å². The second kappa shape index (κ2) is 6.03. The summed E-state index contributed by atoms with van der Waals surface area (Å²) in [4.78, 5) is 0. The largest absolute Gasteiger partial charge is 1.00 e. The topological polar surface area (TPSA) is 71.0 Å². The highest BCUT2D eigenvalue weighted by Crippen LogP contribution is 2.26. The van der Waals surface area contributed by atoms with Crippen molar-refractivity contribution < 1.29 is 30.7 Å². The Hall–Kier alpha value is 0.160. The third kappa shape index (κ3) is 8.02. The zero-order valence-corrected chi connectivity index (χ0v) is 11.7. The molecule has 2 unspecified atom stereocenters. The fourth-order valence-corrected chi connectivity index (χ4v) is 1.48. The molecule has 0 amide bonds. The molecule has 0 aromatic carbocycles. The molecule has 6 heteroatoms. The summed E-state index contributed by atoms with van der Waals surface area (Å²) in [5.41, 5.74) is 4.04. The summed E-state index contributed by atoms with van der Waals surface area (Å²) in [6, 6.07) is -0.00951. The van der Waals surface area contributed by atoms with Crippen LogP contribution in [0.1, 0.15) is 27.7 Å². The van der Waals surface area contributed by atoms with Crippen molar-refractivity contribution in [3.05, 3.63) is 0 Å². The minimum Gasteiger partial charge on any atom is -1.00 e. The zero-order valence-electron chi connectivity index (χ0n) is 10.1. The van der Waals surface area contributed by atoms with Crippen LogP contribution in [0.3, 0.4) is 0 Å². The van der Waals surface area contributed by atoms with Crippen molar-refractivity contribution in [2.75, 3.05) is 12.9 Å². The Morgan fingerprint density at radius 3 is 2.00 bits per heavy atom. The number of hydrogen-bond acceptors (Lipinski definition) is 3. The molecule has 0 bridgehead atoms. The van der Waals surface area contributed by atoms with Crippen molar-refractivity contribution >= 4 is 10.1 Å². The average molecular weight is 260 g/mol. The van der Waals surface area contributed by atoms with Gasteiger partial charge in [0.05, 0.1) is 6.26 Å². The Morgan fingerprint density at radius 1 is 1.33 bits per heavy atom. The lowest BCUT2D eigenvalue weighted by molar-refractivity contribution is -0.441. The first kappa shape index (κ1) is 17.6. The van der Waals surface area contributed by atoms with Gasteiger partial charge in [-0.3, -0.25) is 4.18 Å². The van der Waals surface area contributed by atoms with Crippen LogP contribution in [-0.2, 0) is 14.3 Å². The van der Waals surface area contributed by atoms with E-state index in [1.54, 1.807) is 0 Å². The van der Waals surface area contributed by atoms with E-state index in [1.807, 2.05) is 0 Å². The van der Waals surface area contributed by atoms with Gasteiger partial charge in [0.2, 0.25) is 0 Å². The summed E-state index contributed by atoms with van der Waals surface area (Å²) in [6.07, 6.45) is 1.06. The Morgan fingerprint density at radius 2 is 1.73 bits per heavy atom. The summed E-state index contributed by atoms with van der Waals surface area (Å²) >= 11 is 0. The first-order valence-corrected chi connectivity index (χ1v) is 6.53. The van der Waals surface area contributed by atoms with Crippen LogP contribution in [0.25, 0.3) is 0 Å². The lowest BCUT2D eigenvalue weighted by atomic mass is 9.78. The third-order valence-corrected chi connectivity index (χ3v) is 3.13. The molecule has 0 saturated carbocycles. The molecule has 0 heterocycles. The van der Waals surface area contributed by atoms with E-state index >= 15 is 0 Å². The lowest BCUT2D eigenvalue weighted by Crippen LogP contribution is -3.00. The molecule has 94 valence electrons. The van der Waals surface area contributed by atoms with Crippen molar-refractivity contribution in [2.45, 2.75) is 33.7 Å². The van der Waals surface area contributed by atoms with Gasteiger partial charge in [-0.05, 0) is 5.41 Å². The summed E-state index contributed by atoms with van der Waals surface area (Å²) in [7, 11) is -3.34. The predicted octanol–water partition coefficient (Wildman–Crippen LogP) is -2.74. The minimum atomic E-state index is -3.34. The van der Waals surface area contributed by atoms with Crippen LogP contribution in [0, 0.1) is 11.3 Å². The molecule has 3 N–H and O–H groups in total. The molecule has 0 aliphatic rings. The minimum absolute atomic E-state index is 0. The molecule has 0 saturated heterocycles. The Bertz CT molecular complexity index is 272. The first-order chi connectivity index (χ1) is 6.04. The SMILES string of the molecule is CC(C([NH3+])COS(C)(=O)=O)C(C)(C)C.[Cl-]. The first-order valence-electron chi connectivity index (χ1n) is 4.71. The maximum atomic E-state index is 10.8. The lowest BCUT2D eigenvalue weighted by Gasteiger charge is -2.29. The molecule has 15 heavy (non-hydrogen) atoms. The zero-order chi connectivity index (χ0) is 11.6. The number of rotatable bonds is 4. The van der Waals surface area contributed by atoms with E-state index in [1.165, 1.54) is 0 Å². The number of hydrogen-bond donors (Lipinski definition) is 1. The standard InChI is InChI=1S/C9H21NO3S.ClH/c1-7(9(2,3)4)8(10)6-13-14(5,11)12;/h7-8H,6,10H2,1-5H3;1H. The normalized spacial score (nSPS) is 16.7. The molecule has 0 aromatic rings. The van der Waals surface area contributed by atoms with E-state index in [0.717, 1.165) is 6.26 Å². The van der Waals surface area contributed by atoms with E-state index in [0.29, 0.717) is 5.92 Å². The van der Waals surface area contributed by atoms with Crippen LogP contribution in [0.15, 0.2) is 0 Å². The van der Waals surface area contributed by atoms with E-state index < -0.39 is 10.1 Å². The van der Waals surface area contributed by atoms with Gasteiger partial charge in [0.1, 0.15) is 12.6 Å². The van der Waals surface area contributed by atoms with E-state index in [9.17, 15) is 8.42 Å². The molecule has 0 rings (SSSR count). The Kier molecular flexibility index (Phi) is 7.06. The quantitative estimate of drug-likeness (QED) is 0.557. The molecule has 4 nitrogen and oxygen atoms in total. The van der Waals surface area contributed by atoms with Crippen LogP contribution in [0.5, 0.6) is 0 Å². The van der Waals surface area contributed by atoms with Gasteiger partial charge in [-0.1, -0.05) is 27.7 Å². The van der Waals surface area contributed by atoms with Crippen LogP contribution in [0.4, 0.5) is 0 Å². The van der Waals surface area contributed by atoms with Gasteiger partial charge in [0.15, 0.2) is 0 Å². The summed E-state index contributed by atoms with van der Waals surface area (Å²) < 4.78 is 26.2. The number of quaternary nitrogens is 1. The molecule has 0 fully saturated rings. The molecule has 0 aliphatic heterocycles. The van der Waals surface area contributed by atoms with E-state index in [4.69, 9.17) is 4.18 Å². The molecule has 0 aromatic heterocycles. The summed E-state index contributed by atoms with van der Waals surface area (Å²) in [5, 5.41) is 0. The Labute approximate surface area is 99.1 Å². The van der Waals surface area contributed by atoms with Crippen LogP contribution >= 0.6 is 0 Å². The molecule has 0 radical (unpaired) electrons. The second-order valence-corrected chi connectivity index (χ2v) is 6.55. The summed E-state index contributed by atoms with van der Waals surface area (Å²) in [5.74, 6) is 0.309. The van der Waals surface area contributed by atoms with Crippen molar-refractivity contribution in [3.63, 3.8) is 0 Å². The predicted molar refractivity (Wildman–Crippen MR) is 56.1 cm³/mol. The van der Waals surface area contributed by atoms with Crippen LogP contribution in [0.2, 0.25) is 0 Å². The smallest absolute Gasteiger partial charge is 0.264 e. The highest BCUT2D eigenvalue weighted by Gasteiger charge is 2.29. The molecule has 2 atom stereocenters. The highest BCUT2D eigenvalue weighted by molar-refractivity contribution is 7.85. The van der Waals surface area contributed by atoms with Gasteiger partial charge in [0.25, 0.3) is 10.1 Å². The van der Waals surface area contributed by atoms with E-state index in [-0.39, 0.29) is 30.5 Å². The van der Waals surface area contributed by atoms with Crippen LogP contribution in [-0.4, -0.2) is 27.3 Å². The maximum absolute atomic E-state index is 10.8. The van der Waals surface area contributed by atoms with Gasteiger partial charge in [-0.25, -0.2) is 0 Å². The van der Waals surface area contributed by atoms with Gasteiger partial charge >= 0.3 is 0 Å².